The van der Waals surface area contributed by atoms with E-state index < -0.39 is 24.5 Å². The molecule has 0 saturated heterocycles. The predicted molar refractivity (Wildman–Crippen MR) is 110 cm³/mol. The zero-order valence-corrected chi connectivity index (χ0v) is 18.3. The van der Waals surface area contributed by atoms with Crippen molar-refractivity contribution in [1.29, 1.82) is 0 Å². The summed E-state index contributed by atoms with van der Waals surface area (Å²) < 4.78 is 22.0. The molecule has 0 fully saturated rings. The number of hydrogen-bond donors (Lipinski definition) is 0. The summed E-state index contributed by atoms with van der Waals surface area (Å²) >= 11 is -2.77. The minimum atomic E-state index is -2.77. The summed E-state index contributed by atoms with van der Waals surface area (Å²) in [5.41, 5.74) is 5.23. The fourth-order valence-electron chi connectivity index (χ4n) is 3.45. The molecule has 0 saturated carbocycles. The number of benzene rings is 2. The second kappa shape index (κ2) is 9.75. The third-order valence-corrected chi connectivity index (χ3v) is 4.84. The molecule has 0 bridgehead atoms. The summed E-state index contributed by atoms with van der Waals surface area (Å²) in [5, 5.41) is 3.95. The molecule has 0 spiro atoms. The van der Waals surface area contributed by atoms with Crippen LogP contribution in [0.25, 0.3) is 27.4 Å². The van der Waals surface area contributed by atoms with Crippen LogP contribution >= 0.6 is 0 Å². The molecule has 4 aromatic carbocycles. The number of hydrogen-bond acceptors (Lipinski definition) is 0. The molecule has 0 aliphatic heterocycles. The van der Waals surface area contributed by atoms with Gasteiger partial charge in [0.1, 0.15) is 0 Å². The molecule has 0 amide bonds. The van der Waals surface area contributed by atoms with Crippen molar-refractivity contribution >= 4 is 21.7 Å². The average molecular weight is 453 g/mol. The zero-order chi connectivity index (χ0) is 19.9. The van der Waals surface area contributed by atoms with E-state index in [1.165, 1.54) is 38.6 Å². The van der Waals surface area contributed by atoms with E-state index in [4.69, 9.17) is 0 Å². The van der Waals surface area contributed by atoms with Crippen molar-refractivity contribution in [3.8, 4) is 5.69 Å². The van der Waals surface area contributed by atoms with Gasteiger partial charge in [0.2, 0.25) is 0 Å². The molecule has 1 nitrogen and oxygen atoms in total. The van der Waals surface area contributed by atoms with Crippen LogP contribution in [0.5, 0.6) is 0 Å². The standard InChI is InChI=1S/C19H16N.C5H5.2FH.Zr/c1-13-14(2)20(19-10-6-5-9-18(13)19)17-11-15-7-3-4-8-16(15)12-17;1-2-4-5-3-1;;;/h3-12H,1-2H3;1-5H;2*1H;/q2*-1;;;+4/p-2. The molecule has 4 heteroatoms. The Hall–Kier alpha value is -2.32. The normalized spacial score (nSPS) is 10.0. The Kier molecular flexibility index (Phi) is 7.11. The van der Waals surface area contributed by atoms with Gasteiger partial charge >= 0.3 is 29.7 Å². The molecule has 0 aliphatic rings. The van der Waals surface area contributed by atoms with Crippen LogP contribution in [0.2, 0.25) is 0 Å². The van der Waals surface area contributed by atoms with Crippen LogP contribution in [0.4, 0.5) is 5.25 Å². The molecule has 5 rings (SSSR count). The fourth-order valence-corrected chi connectivity index (χ4v) is 3.45. The van der Waals surface area contributed by atoms with Gasteiger partial charge in [-0.1, -0.05) is 24.3 Å². The summed E-state index contributed by atoms with van der Waals surface area (Å²) in [6.07, 6.45) is 0. The molecule has 0 N–H and O–H groups in total. The van der Waals surface area contributed by atoms with Gasteiger partial charge in [-0.25, -0.2) is 12.1 Å². The smallest absolute Gasteiger partial charge is 0.172 e. The molecule has 1 heterocycles. The van der Waals surface area contributed by atoms with E-state index in [9.17, 15) is 5.25 Å². The first-order valence-corrected chi connectivity index (χ1v) is 10.9. The van der Waals surface area contributed by atoms with Gasteiger partial charge in [-0.2, -0.15) is 18.2 Å². The molecule has 1 aromatic heterocycles. The van der Waals surface area contributed by atoms with Crippen molar-refractivity contribution in [3.05, 3.63) is 102 Å². The van der Waals surface area contributed by atoms with Crippen LogP contribution in [0.3, 0.4) is 0 Å². The molecule has 5 aromatic rings. The molecular formula is C24H21F2NZr. The molecule has 0 unspecified atom stereocenters. The summed E-state index contributed by atoms with van der Waals surface area (Å²) in [6, 6.07) is 31.7. The maximum Gasteiger partial charge on any atom is -0.172 e. The van der Waals surface area contributed by atoms with Crippen molar-refractivity contribution in [2.45, 2.75) is 13.8 Å². The third kappa shape index (κ3) is 4.39. The quantitative estimate of drug-likeness (QED) is 0.234. The van der Waals surface area contributed by atoms with Crippen LogP contribution in [0.15, 0.2) is 91.0 Å². The minimum Gasteiger partial charge on any atom is -0.214 e. The van der Waals surface area contributed by atoms with Gasteiger partial charge in [0.25, 0.3) is 0 Å². The molecule has 140 valence electrons. The maximum absolute atomic E-state index is 9.80. The number of aryl methyl sites for hydroxylation is 1. The fraction of sp³-hybridized carbons (Fsp3) is 0.0833. The van der Waals surface area contributed by atoms with Crippen molar-refractivity contribution < 1.29 is 29.7 Å². The Morgan fingerprint density at radius 2 is 1.50 bits per heavy atom. The van der Waals surface area contributed by atoms with Crippen molar-refractivity contribution in [3.63, 3.8) is 0 Å². The number of fused-ring (bicyclic) bond motifs is 2. The van der Waals surface area contributed by atoms with Crippen molar-refractivity contribution in [2.75, 3.05) is 0 Å². The second-order valence-corrected chi connectivity index (χ2v) is 6.79. The van der Waals surface area contributed by atoms with Gasteiger partial charge in [0.15, 0.2) is 0 Å². The third-order valence-electron chi connectivity index (χ3n) is 4.84. The number of aromatic nitrogens is 1. The first kappa shape index (κ1) is 20.4. The minimum absolute atomic E-state index is 1.26. The SMILES string of the molecule is Cc1c(C)n(-c2cc3ccccc3[cH-]2)c2ccccc12.[F][Zr+2][F].c1cc[cH-]c1. The number of halogens is 2. The molecule has 0 radical (unpaired) electrons. The van der Waals surface area contributed by atoms with E-state index in [2.05, 4.69) is 79.1 Å². The van der Waals surface area contributed by atoms with Crippen LogP contribution in [0, 0.1) is 13.8 Å². The molecular weight excluding hydrogens is 431 g/mol. The summed E-state index contributed by atoms with van der Waals surface area (Å²) in [6.45, 7) is 4.41. The number of rotatable bonds is 1. The Morgan fingerprint density at radius 1 is 0.857 bits per heavy atom. The van der Waals surface area contributed by atoms with Gasteiger partial charge in [-0.05, 0) is 31.2 Å². The number of para-hydroxylation sites is 1. The molecule has 28 heavy (non-hydrogen) atoms. The Bertz CT molecular complexity index is 1090. The van der Waals surface area contributed by atoms with E-state index in [1.807, 2.05) is 30.3 Å². The van der Waals surface area contributed by atoms with Crippen LogP contribution < -0.4 is 0 Å². The van der Waals surface area contributed by atoms with E-state index >= 15 is 0 Å². The Morgan fingerprint density at radius 3 is 2.14 bits per heavy atom. The molecule has 0 aliphatic carbocycles. The summed E-state index contributed by atoms with van der Waals surface area (Å²) in [4.78, 5) is 0. The Labute approximate surface area is 177 Å². The van der Waals surface area contributed by atoms with Gasteiger partial charge in [-0.3, -0.25) is 0 Å². The maximum atomic E-state index is 9.80. The van der Waals surface area contributed by atoms with Crippen molar-refractivity contribution in [2.24, 2.45) is 0 Å². The largest absolute Gasteiger partial charge is 0.214 e. The van der Waals surface area contributed by atoms with Gasteiger partial charge < -0.3 is 4.57 Å². The van der Waals surface area contributed by atoms with Gasteiger partial charge in [-0.15, -0.1) is 41.1 Å². The zero-order valence-electron chi connectivity index (χ0n) is 15.9. The van der Waals surface area contributed by atoms with Crippen LogP contribution in [0.1, 0.15) is 11.3 Å². The van der Waals surface area contributed by atoms with Gasteiger partial charge in [0.05, 0.1) is 5.52 Å². The first-order valence-electron chi connectivity index (χ1n) is 9.02. The second-order valence-electron chi connectivity index (χ2n) is 6.44. The van der Waals surface area contributed by atoms with Crippen LogP contribution in [-0.2, 0) is 24.5 Å². The molecule has 0 atom stereocenters. The monoisotopic (exact) mass is 451 g/mol. The summed E-state index contributed by atoms with van der Waals surface area (Å²) in [5.74, 6) is 0. The van der Waals surface area contributed by atoms with E-state index in [0.29, 0.717) is 0 Å². The predicted octanol–water partition coefficient (Wildman–Crippen LogP) is 7.36. The first-order chi connectivity index (χ1) is 13.7. The van der Waals surface area contributed by atoms with Crippen LogP contribution in [-0.4, -0.2) is 4.57 Å². The summed E-state index contributed by atoms with van der Waals surface area (Å²) in [7, 11) is 0. The van der Waals surface area contributed by atoms with E-state index in [-0.39, 0.29) is 0 Å². The number of nitrogens with zero attached hydrogens (tertiary/aromatic N) is 1. The topological polar surface area (TPSA) is 4.93 Å². The van der Waals surface area contributed by atoms with Crippen molar-refractivity contribution in [1.82, 2.24) is 4.57 Å². The average Bonchev–Trinajstić information content (AvgIpc) is 3.45. The van der Waals surface area contributed by atoms with Gasteiger partial charge in [0, 0.05) is 11.1 Å². The van der Waals surface area contributed by atoms with E-state index in [1.54, 1.807) is 0 Å². The van der Waals surface area contributed by atoms with E-state index in [0.717, 1.165) is 0 Å². The Balaban J connectivity index is 0.000000238.